The van der Waals surface area contributed by atoms with Crippen LogP contribution in [-0.4, -0.2) is 63.9 Å². The van der Waals surface area contributed by atoms with E-state index in [1.165, 1.54) is 17.0 Å². The van der Waals surface area contributed by atoms with Crippen LogP contribution in [0.3, 0.4) is 0 Å². The van der Waals surface area contributed by atoms with E-state index < -0.39 is 0 Å². The van der Waals surface area contributed by atoms with Crippen molar-refractivity contribution >= 4 is 17.3 Å². The van der Waals surface area contributed by atoms with E-state index in [4.69, 9.17) is 21.4 Å². The smallest absolute Gasteiger partial charge is 0.170 e. The lowest BCUT2D eigenvalue weighted by atomic mass is 9.97. The van der Waals surface area contributed by atoms with Crippen LogP contribution in [0.1, 0.15) is 40.5 Å². The Morgan fingerprint density at radius 2 is 1.97 bits per heavy atom. The highest BCUT2D eigenvalue weighted by atomic mass is 32.1. The predicted octanol–water partition coefficient (Wildman–Crippen LogP) is 3.45. The molecule has 0 amide bonds. The van der Waals surface area contributed by atoms with Crippen molar-refractivity contribution in [3.8, 4) is 0 Å². The zero-order chi connectivity index (χ0) is 22.8. The second-order valence-corrected chi connectivity index (χ2v) is 9.15. The third-order valence-corrected chi connectivity index (χ3v) is 7.14. The highest BCUT2D eigenvalue weighted by Gasteiger charge is 2.41. The van der Waals surface area contributed by atoms with Crippen molar-refractivity contribution in [3.63, 3.8) is 0 Å². The zero-order valence-corrected chi connectivity index (χ0v) is 20.1. The van der Waals surface area contributed by atoms with Gasteiger partial charge in [-0.25, -0.2) is 0 Å². The average molecular weight is 466 g/mol. The molecule has 2 atom stereocenters. The van der Waals surface area contributed by atoms with Crippen molar-refractivity contribution in [2.75, 3.05) is 39.4 Å². The van der Waals surface area contributed by atoms with Gasteiger partial charge in [0.1, 0.15) is 5.76 Å². The molecule has 33 heavy (non-hydrogen) atoms. The number of morpholine rings is 1. The fourth-order valence-corrected chi connectivity index (χ4v) is 5.32. The molecule has 3 aromatic rings. The molecule has 3 aromatic heterocycles. The van der Waals surface area contributed by atoms with Gasteiger partial charge in [-0.1, -0.05) is 6.07 Å². The van der Waals surface area contributed by atoms with Gasteiger partial charge >= 0.3 is 0 Å². The second kappa shape index (κ2) is 9.67. The standard InChI is InChI=1S/C25H31N5O2S/c1-18-16-21(19(2)30(18)17-20-6-5-13-32-20)24-23(22-7-3-4-8-26-22)27-25(33)29(24)10-9-28-11-14-31-15-12-28/h3-8,13,16,23-24H,9-12,14-15,17H2,1-2H3,(H,27,33)/t23-,24-/m0/s1. The Balaban J connectivity index is 1.47. The van der Waals surface area contributed by atoms with Gasteiger partial charge in [-0.3, -0.25) is 9.88 Å². The van der Waals surface area contributed by atoms with Gasteiger partial charge in [0, 0.05) is 43.8 Å². The number of nitrogens with zero attached hydrogens (tertiary/aromatic N) is 4. The Morgan fingerprint density at radius 1 is 1.12 bits per heavy atom. The highest BCUT2D eigenvalue weighted by Crippen LogP contribution is 2.40. The minimum atomic E-state index is 0.000881. The lowest BCUT2D eigenvalue weighted by molar-refractivity contribution is 0.0350. The molecule has 0 unspecified atom stereocenters. The summed E-state index contributed by atoms with van der Waals surface area (Å²) < 4.78 is 13.5. The Kier molecular flexibility index (Phi) is 6.48. The third-order valence-electron chi connectivity index (χ3n) is 6.78. The molecule has 2 saturated heterocycles. The number of nitrogens with one attached hydrogen (secondary N) is 1. The summed E-state index contributed by atoms with van der Waals surface area (Å²) in [5.74, 6) is 0.953. The first kappa shape index (κ1) is 22.1. The van der Waals surface area contributed by atoms with Crippen LogP contribution in [0.25, 0.3) is 0 Å². The van der Waals surface area contributed by atoms with Gasteiger partial charge in [0.25, 0.3) is 0 Å². The number of hydrogen-bond donors (Lipinski definition) is 1. The van der Waals surface area contributed by atoms with Gasteiger partial charge in [0.2, 0.25) is 0 Å². The van der Waals surface area contributed by atoms with Crippen molar-refractivity contribution in [1.29, 1.82) is 0 Å². The summed E-state index contributed by atoms with van der Waals surface area (Å²) in [7, 11) is 0. The third kappa shape index (κ3) is 4.55. The Bertz CT molecular complexity index is 1080. The lowest BCUT2D eigenvalue weighted by Crippen LogP contribution is -2.42. The van der Waals surface area contributed by atoms with E-state index in [0.717, 1.165) is 62.5 Å². The number of thiocarbonyl (C=S) groups is 1. The molecule has 0 spiro atoms. The maximum absolute atomic E-state index is 5.86. The number of ether oxygens (including phenoxy) is 1. The summed E-state index contributed by atoms with van der Waals surface area (Å²) in [5.41, 5.74) is 4.74. The number of rotatable bonds is 7. The zero-order valence-electron chi connectivity index (χ0n) is 19.2. The van der Waals surface area contributed by atoms with Crippen LogP contribution >= 0.6 is 12.2 Å². The minimum absolute atomic E-state index is 0.000881. The SMILES string of the molecule is Cc1cc([C@H]2[C@H](c3ccccn3)NC(=S)N2CCN2CCOCC2)c(C)n1Cc1ccco1. The van der Waals surface area contributed by atoms with Crippen molar-refractivity contribution in [2.45, 2.75) is 32.5 Å². The number of furan rings is 1. The molecule has 0 radical (unpaired) electrons. The van der Waals surface area contributed by atoms with Gasteiger partial charge in [0.05, 0.1) is 43.8 Å². The molecule has 8 heteroatoms. The van der Waals surface area contributed by atoms with Crippen molar-refractivity contribution < 1.29 is 9.15 Å². The molecular formula is C25H31N5O2S. The van der Waals surface area contributed by atoms with Crippen LogP contribution in [0.15, 0.2) is 53.3 Å². The first-order chi connectivity index (χ1) is 16.1. The second-order valence-electron chi connectivity index (χ2n) is 8.77. The molecule has 0 aliphatic carbocycles. The molecule has 7 nitrogen and oxygen atoms in total. The largest absolute Gasteiger partial charge is 0.467 e. The quantitative estimate of drug-likeness (QED) is 0.537. The Labute approximate surface area is 200 Å². The number of hydrogen-bond acceptors (Lipinski definition) is 5. The van der Waals surface area contributed by atoms with E-state index in [1.807, 2.05) is 30.5 Å². The molecule has 5 rings (SSSR count). The van der Waals surface area contributed by atoms with Gasteiger partial charge < -0.3 is 23.9 Å². The summed E-state index contributed by atoms with van der Waals surface area (Å²) >= 11 is 5.86. The maximum Gasteiger partial charge on any atom is 0.170 e. The molecule has 2 aliphatic rings. The molecule has 5 heterocycles. The van der Waals surface area contributed by atoms with E-state index in [2.05, 4.69) is 50.6 Å². The van der Waals surface area contributed by atoms with Crippen LogP contribution in [0.4, 0.5) is 0 Å². The van der Waals surface area contributed by atoms with Crippen LogP contribution in [-0.2, 0) is 11.3 Å². The molecule has 2 aliphatic heterocycles. The van der Waals surface area contributed by atoms with E-state index in [-0.39, 0.29) is 12.1 Å². The summed E-state index contributed by atoms with van der Waals surface area (Å²) in [5, 5.41) is 4.37. The van der Waals surface area contributed by atoms with Gasteiger partial charge in [0.15, 0.2) is 5.11 Å². The average Bonchev–Trinajstić information content (AvgIpc) is 3.54. The van der Waals surface area contributed by atoms with E-state index in [1.54, 1.807) is 6.26 Å². The molecule has 1 N–H and O–H groups in total. The molecule has 2 fully saturated rings. The summed E-state index contributed by atoms with van der Waals surface area (Å²) in [4.78, 5) is 9.48. The summed E-state index contributed by atoms with van der Waals surface area (Å²) in [6.07, 6.45) is 3.59. The summed E-state index contributed by atoms with van der Waals surface area (Å²) in [6, 6.07) is 12.4. The fourth-order valence-electron chi connectivity index (χ4n) is 4.99. The minimum Gasteiger partial charge on any atom is -0.467 e. The van der Waals surface area contributed by atoms with Crippen LogP contribution < -0.4 is 5.32 Å². The number of aryl methyl sites for hydroxylation is 1. The number of pyridine rings is 1. The monoisotopic (exact) mass is 465 g/mol. The Hall–Kier alpha value is -2.68. The highest BCUT2D eigenvalue weighted by molar-refractivity contribution is 7.80. The number of aromatic nitrogens is 2. The van der Waals surface area contributed by atoms with Crippen LogP contribution in [0.2, 0.25) is 0 Å². The van der Waals surface area contributed by atoms with E-state index in [9.17, 15) is 0 Å². The first-order valence-electron chi connectivity index (χ1n) is 11.6. The van der Waals surface area contributed by atoms with E-state index >= 15 is 0 Å². The molecule has 0 saturated carbocycles. The molecule has 0 aromatic carbocycles. The fraction of sp³-hybridized carbons (Fsp3) is 0.440. The Morgan fingerprint density at radius 3 is 2.70 bits per heavy atom. The predicted molar refractivity (Wildman–Crippen MR) is 131 cm³/mol. The lowest BCUT2D eigenvalue weighted by Gasteiger charge is -2.32. The van der Waals surface area contributed by atoms with Gasteiger partial charge in [-0.15, -0.1) is 0 Å². The van der Waals surface area contributed by atoms with Gasteiger partial charge in [-0.2, -0.15) is 0 Å². The summed E-state index contributed by atoms with van der Waals surface area (Å²) in [6.45, 7) is 10.4. The van der Waals surface area contributed by atoms with E-state index in [0.29, 0.717) is 0 Å². The topological polar surface area (TPSA) is 58.7 Å². The van der Waals surface area contributed by atoms with Crippen LogP contribution in [0.5, 0.6) is 0 Å². The maximum atomic E-state index is 5.86. The van der Waals surface area contributed by atoms with Crippen LogP contribution in [0, 0.1) is 13.8 Å². The van der Waals surface area contributed by atoms with Crippen molar-refractivity contribution in [1.82, 2.24) is 24.7 Å². The molecule has 174 valence electrons. The molecule has 0 bridgehead atoms. The van der Waals surface area contributed by atoms with Crippen molar-refractivity contribution in [3.05, 3.63) is 77.3 Å². The van der Waals surface area contributed by atoms with Gasteiger partial charge in [-0.05, 0) is 62.0 Å². The first-order valence-corrected chi connectivity index (χ1v) is 12.0. The van der Waals surface area contributed by atoms with Crippen molar-refractivity contribution in [2.24, 2.45) is 0 Å². The molecular weight excluding hydrogens is 434 g/mol. The normalized spacial score (nSPS) is 21.5.